The van der Waals surface area contributed by atoms with Gasteiger partial charge in [-0.05, 0) is 37.1 Å². The molecule has 0 saturated heterocycles. The van der Waals surface area contributed by atoms with Gasteiger partial charge in [-0.1, -0.05) is 6.07 Å². The number of benzene rings is 1. The summed E-state index contributed by atoms with van der Waals surface area (Å²) in [6.45, 7) is 5.65. The van der Waals surface area contributed by atoms with Gasteiger partial charge in [0.25, 0.3) is 5.91 Å². The molecule has 0 unspecified atom stereocenters. The summed E-state index contributed by atoms with van der Waals surface area (Å²) in [5.74, 6) is 0.789. The van der Waals surface area contributed by atoms with Crippen molar-refractivity contribution >= 4 is 11.6 Å². The van der Waals surface area contributed by atoms with Crippen LogP contribution in [0.2, 0.25) is 0 Å². The molecule has 104 valence electrons. The lowest BCUT2D eigenvalue weighted by molar-refractivity contribution is 0.0791. The lowest BCUT2D eigenvalue weighted by Crippen LogP contribution is -2.23. The predicted octanol–water partition coefficient (Wildman–Crippen LogP) is 1.68. The molecule has 0 aliphatic carbocycles. The molecule has 2 heterocycles. The van der Waals surface area contributed by atoms with Crippen LogP contribution < -0.4 is 5.32 Å². The predicted molar refractivity (Wildman–Crippen MR) is 73.5 cm³/mol. The smallest absolute Gasteiger partial charge is 0.293 e. The number of carbonyl (C=O) groups excluding carboxylic acids is 1. The van der Waals surface area contributed by atoms with Gasteiger partial charge in [0.05, 0.1) is 6.61 Å². The second-order valence-electron chi connectivity index (χ2n) is 4.90. The Balaban J connectivity index is 1.82. The molecule has 1 aliphatic heterocycles. The number of nitrogens with zero attached hydrogens (tertiary/aromatic N) is 3. The first-order chi connectivity index (χ1) is 9.65. The zero-order chi connectivity index (χ0) is 14.1. The van der Waals surface area contributed by atoms with Crippen LogP contribution in [-0.4, -0.2) is 27.3 Å². The van der Waals surface area contributed by atoms with Gasteiger partial charge in [-0.25, -0.2) is 0 Å². The van der Waals surface area contributed by atoms with Crippen LogP contribution in [0.3, 0.4) is 0 Å². The van der Waals surface area contributed by atoms with Crippen molar-refractivity contribution in [3.8, 4) is 0 Å². The molecule has 0 fully saturated rings. The van der Waals surface area contributed by atoms with E-state index in [-0.39, 0.29) is 5.91 Å². The van der Waals surface area contributed by atoms with E-state index in [0.29, 0.717) is 31.4 Å². The molecule has 0 atom stereocenters. The van der Waals surface area contributed by atoms with Crippen LogP contribution in [0.4, 0.5) is 5.69 Å². The van der Waals surface area contributed by atoms with Gasteiger partial charge in [-0.3, -0.25) is 4.79 Å². The van der Waals surface area contributed by atoms with Gasteiger partial charge >= 0.3 is 0 Å². The van der Waals surface area contributed by atoms with Crippen LogP contribution in [0.25, 0.3) is 0 Å². The second kappa shape index (κ2) is 5.05. The maximum atomic E-state index is 12.3. The molecule has 20 heavy (non-hydrogen) atoms. The molecule has 1 aromatic heterocycles. The Bertz CT molecular complexity index is 663. The number of hydrogen-bond donors (Lipinski definition) is 1. The molecule has 0 saturated carbocycles. The average Bonchev–Trinajstić information content (AvgIpc) is 2.87. The van der Waals surface area contributed by atoms with Crippen LogP contribution in [0, 0.1) is 13.8 Å². The first kappa shape index (κ1) is 12.8. The molecular weight excluding hydrogens is 256 g/mol. The zero-order valence-corrected chi connectivity index (χ0v) is 11.5. The summed E-state index contributed by atoms with van der Waals surface area (Å²) < 4.78 is 7.09. The first-order valence-corrected chi connectivity index (χ1v) is 6.53. The number of ether oxygens (including phenoxy) is 1. The fraction of sp³-hybridized carbons (Fsp3) is 0.357. The highest BCUT2D eigenvalue weighted by Gasteiger charge is 2.21. The lowest BCUT2D eigenvalue weighted by Gasteiger charge is -2.15. The van der Waals surface area contributed by atoms with Crippen molar-refractivity contribution in [2.24, 2.45) is 0 Å². The fourth-order valence-corrected chi connectivity index (χ4v) is 2.17. The third-order valence-corrected chi connectivity index (χ3v) is 3.49. The quantitative estimate of drug-likeness (QED) is 0.903. The van der Waals surface area contributed by atoms with Gasteiger partial charge in [-0.15, -0.1) is 10.2 Å². The normalized spacial score (nSPS) is 13.9. The summed E-state index contributed by atoms with van der Waals surface area (Å²) in [6.07, 6.45) is 0. The molecule has 1 aromatic carbocycles. The van der Waals surface area contributed by atoms with E-state index in [1.165, 1.54) is 5.56 Å². The molecule has 0 spiro atoms. The Morgan fingerprint density at radius 3 is 2.95 bits per heavy atom. The van der Waals surface area contributed by atoms with E-state index in [1.54, 1.807) is 4.57 Å². The summed E-state index contributed by atoms with van der Waals surface area (Å²) in [7, 11) is 0. The molecular formula is C14H16N4O2. The number of aromatic nitrogens is 3. The molecule has 1 aliphatic rings. The monoisotopic (exact) mass is 272 g/mol. The molecule has 0 radical (unpaired) electrons. The maximum Gasteiger partial charge on any atom is 0.293 e. The maximum absolute atomic E-state index is 12.3. The Kier molecular flexibility index (Phi) is 3.23. The van der Waals surface area contributed by atoms with E-state index in [0.717, 1.165) is 11.3 Å². The highest BCUT2D eigenvalue weighted by molar-refractivity contribution is 6.01. The van der Waals surface area contributed by atoms with Gasteiger partial charge < -0.3 is 14.6 Å². The number of aryl methyl sites for hydroxylation is 2. The van der Waals surface area contributed by atoms with Crippen LogP contribution in [0.5, 0.6) is 0 Å². The van der Waals surface area contributed by atoms with Crippen LogP contribution in [0.1, 0.15) is 27.6 Å². The minimum absolute atomic E-state index is 0.242. The Morgan fingerprint density at radius 2 is 2.15 bits per heavy atom. The van der Waals surface area contributed by atoms with Crippen LogP contribution in [0.15, 0.2) is 18.2 Å². The first-order valence-electron chi connectivity index (χ1n) is 6.53. The average molecular weight is 272 g/mol. The Hall–Kier alpha value is -2.21. The van der Waals surface area contributed by atoms with Crippen molar-refractivity contribution in [3.05, 3.63) is 41.0 Å². The highest BCUT2D eigenvalue weighted by atomic mass is 16.5. The van der Waals surface area contributed by atoms with Crippen LogP contribution in [-0.2, 0) is 17.9 Å². The van der Waals surface area contributed by atoms with Gasteiger partial charge in [0.1, 0.15) is 6.61 Å². The molecule has 0 bridgehead atoms. The van der Waals surface area contributed by atoms with E-state index >= 15 is 0 Å². The van der Waals surface area contributed by atoms with E-state index in [4.69, 9.17) is 4.74 Å². The second-order valence-corrected chi connectivity index (χ2v) is 4.90. The summed E-state index contributed by atoms with van der Waals surface area (Å²) in [6, 6.07) is 5.82. The third-order valence-electron chi connectivity index (χ3n) is 3.49. The largest absolute Gasteiger partial charge is 0.372 e. The Labute approximate surface area is 116 Å². The minimum Gasteiger partial charge on any atom is -0.372 e. The van der Waals surface area contributed by atoms with Crippen molar-refractivity contribution in [3.63, 3.8) is 0 Å². The highest BCUT2D eigenvalue weighted by Crippen LogP contribution is 2.16. The summed E-state index contributed by atoms with van der Waals surface area (Å²) >= 11 is 0. The van der Waals surface area contributed by atoms with Gasteiger partial charge in [0.15, 0.2) is 5.82 Å². The molecule has 2 aromatic rings. The number of anilines is 1. The number of rotatable bonds is 2. The topological polar surface area (TPSA) is 69.0 Å². The number of nitrogens with one attached hydrogen (secondary N) is 1. The lowest BCUT2D eigenvalue weighted by atomic mass is 10.1. The third kappa shape index (κ3) is 2.30. The molecule has 3 rings (SSSR count). The minimum atomic E-state index is -0.242. The SMILES string of the molecule is Cc1ccc(NC(=O)c2nnc3n2CCOC3)cc1C. The molecule has 1 N–H and O–H groups in total. The summed E-state index contributed by atoms with van der Waals surface area (Å²) in [5, 5.41) is 10.8. The van der Waals surface area contributed by atoms with E-state index in [9.17, 15) is 4.79 Å². The zero-order valence-electron chi connectivity index (χ0n) is 11.5. The van der Waals surface area contributed by atoms with Crippen molar-refractivity contribution < 1.29 is 9.53 Å². The van der Waals surface area contributed by atoms with E-state index < -0.39 is 0 Å². The number of hydrogen-bond acceptors (Lipinski definition) is 4. The fourth-order valence-electron chi connectivity index (χ4n) is 2.17. The van der Waals surface area contributed by atoms with Crippen molar-refractivity contribution in [1.29, 1.82) is 0 Å². The van der Waals surface area contributed by atoms with Crippen LogP contribution >= 0.6 is 0 Å². The molecule has 6 nitrogen and oxygen atoms in total. The Morgan fingerprint density at radius 1 is 1.30 bits per heavy atom. The van der Waals surface area contributed by atoms with Gasteiger partial charge in [0, 0.05) is 12.2 Å². The number of carbonyl (C=O) groups is 1. The van der Waals surface area contributed by atoms with E-state index in [2.05, 4.69) is 15.5 Å². The number of amides is 1. The standard InChI is InChI=1S/C14H16N4O2/c1-9-3-4-11(7-10(9)2)15-14(19)13-17-16-12-8-20-6-5-18(12)13/h3-4,7H,5-6,8H2,1-2H3,(H,15,19). The summed E-state index contributed by atoms with van der Waals surface area (Å²) in [5.41, 5.74) is 3.10. The summed E-state index contributed by atoms with van der Waals surface area (Å²) in [4.78, 5) is 12.3. The number of fused-ring (bicyclic) bond motifs is 1. The van der Waals surface area contributed by atoms with Gasteiger partial charge in [0.2, 0.25) is 5.82 Å². The van der Waals surface area contributed by atoms with E-state index in [1.807, 2.05) is 32.0 Å². The van der Waals surface area contributed by atoms with Crippen molar-refractivity contribution in [1.82, 2.24) is 14.8 Å². The molecule has 6 heteroatoms. The van der Waals surface area contributed by atoms with Gasteiger partial charge in [-0.2, -0.15) is 0 Å². The van der Waals surface area contributed by atoms with Crippen molar-refractivity contribution in [2.45, 2.75) is 27.0 Å². The molecule has 1 amide bonds. The van der Waals surface area contributed by atoms with Crippen molar-refractivity contribution in [2.75, 3.05) is 11.9 Å².